The quantitative estimate of drug-likeness (QED) is 0.818. The van der Waals surface area contributed by atoms with Gasteiger partial charge in [0.15, 0.2) is 0 Å². The van der Waals surface area contributed by atoms with Crippen molar-refractivity contribution in [2.75, 3.05) is 0 Å². The normalized spacial score (nSPS) is 23.4. The summed E-state index contributed by atoms with van der Waals surface area (Å²) < 4.78 is 5.40. The molecule has 94 valence electrons. The van der Waals surface area contributed by atoms with E-state index in [2.05, 4.69) is 18.2 Å². The summed E-state index contributed by atoms with van der Waals surface area (Å²) >= 11 is 0. The van der Waals surface area contributed by atoms with Gasteiger partial charge in [-0.25, -0.2) is 0 Å². The molecule has 2 nitrogen and oxygen atoms in total. The van der Waals surface area contributed by atoms with Gasteiger partial charge in [-0.3, -0.25) is 0 Å². The van der Waals surface area contributed by atoms with E-state index < -0.39 is 5.60 Å². The van der Waals surface area contributed by atoms with Gasteiger partial charge in [0.25, 0.3) is 0 Å². The van der Waals surface area contributed by atoms with E-state index in [-0.39, 0.29) is 0 Å². The maximum Gasteiger partial charge on any atom is 0.106 e. The largest absolute Gasteiger partial charge is 0.469 e. The molecule has 0 fully saturated rings. The Balaban J connectivity index is 1.99. The lowest BCUT2D eigenvalue weighted by molar-refractivity contribution is 0.0223. The predicted molar refractivity (Wildman–Crippen MR) is 70.3 cm³/mol. The second-order valence-electron chi connectivity index (χ2n) is 5.15. The molecule has 2 aromatic rings. The zero-order valence-electron chi connectivity index (χ0n) is 10.4. The molecule has 1 unspecified atom stereocenters. The summed E-state index contributed by atoms with van der Waals surface area (Å²) in [5.41, 5.74) is 1.59. The lowest BCUT2D eigenvalue weighted by Crippen LogP contribution is -2.28. The van der Waals surface area contributed by atoms with Crippen LogP contribution in [0, 0.1) is 0 Å². The molecule has 1 aliphatic rings. The first kappa shape index (κ1) is 11.5. The van der Waals surface area contributed by atoms with Crippen LogP contribution in [0.2, 0.25) is 0 Å². The molecular formula is C16H18O2. The van der Waals surface area contributed by atoms with E-state index >= 15 is 0 Å². The second-order valence-corrected chi connectivity index (χ2v) is 5.15. The van der Waals surface area contributed by atoms with Crippen molar-refractivity contribution in [3.63, 3.8) is 0 Å². The highest BCUT2D eigenvalue weighted by molar-refractivity contribution is 5.34. The third-order valence-electron chi connectivity index (χ3n) is 3.85. The molecule has 0 spiro atoms. The molecule has 0 amide bonds. The van der Waals surface area contributed by atoms with Crippen LogP contribution in [0.25, 0.3) is 0 Å². The highest BCUT2D eigenvalue weighted by Crippen LogP contribution is 2.36. The number of aliphatic hydroxyl groups is 1. The van der Waals surface area contributed by atoms with E-state index in [4.69, 9.17) is 4.42 Å². The zero-order chi connectivity index (χ0) is 12.4. The molecule has 0 aliphatic heterocycles. The molecule has 1 aromatic carbocycles. The van der Waals surface area contributed by atoms with Crippen LogP contribution in [0.4, 0.5) is 0 Å². The van der Waals surface area contributed by atoms with Gasteiger partial charge in [0.05, 0.1) is 11.9 Å². The Morgan fingerprint density at radius 1 is 1.11 bits per heavy atom. The molecular weight excluding hydrogens is 224 g/mol. The number of benzene rings is 1. The molecule has 3 rings (SSSR count). The van der Waals surface area contributed by atoms with E-state index in [9.17, 15) is 5.11 Å². The summed E-state index contributed by atoms with van der Waals surface area (Å²) in [4.78, 5) is 0. The van der Waals surface area contributed by atoms with Gasteiger partial charge >= 0.3 is 0 Å². The first-order valence-electron chi connectivity index (χ1n) is 6.61. The Hall–Kier alpha value is -1.54. The first-order valence-corrected chi connectivity index (χ1v) is 6.61. The minimum atomic E-state index is -0.773. The van der Waals surface area contributed by atoms with E-state index in [0.717, 1.165) is 37.0 Å². The minimum absolute atomic E-state index is 0.566. The predicted octanol–water partition coefficient (Wildman–Crippen LogP) is 3.44. The number of hydrogen-bond acceptors (Lipinski definition) is 2. The third-order valence-corrected chi connectivity index (χ3v) is 3.85. The Kier molecular flexibility index (Phi) is 2.96. The van der Waals surface area contributed by atoms with Crippen molar-refractivity contribution >= 4 is 0 Å². The van der Waals surface area contributed by atoms with Gasteiger partial charge in [-0.05, 0) is 48.9 Å². The summed E-state index contributed by atoms with van der Waals surface area (Å²) in [5, 5.41) is 11.0. The Labute approximate surface area is 107 Å². The van der Waals surface area contributed by atoms with Crippen LogP contribution < -0.4 is 0 Å². The number of fused-ring (bicyclic) bond motifs is 1. The average molecular weight is 242 g/mol. The molecule has 1 N–H and O–H groups in total. The van der Waals surface area contributed by atoms with Crippen LogP contribution in [0.3, 0.4) is 0 Å². The van der Waals surface area contributed by atoms with Crippen LogP contribution in [0.1, 0.15) is 36.1 Å². The van der Waals surface area contributed by atoms with Crippen LogP contribution in [0.15, 0.2) is 47.1 Å². The van der Waals surface area contributed by atoms with Crippen molar-refractivity contribution < 1.29 is 9.52 Å². The summed E-state index contributed by atoms with van der Waals surface area (Å²) in [6.07, 6.45) is 6.32. The van der Waals surface area contributed by atoms with E-state index in [1.54, 1.807) is 6.26 Å². The zero-order valence-corrected chi connectivity index (χ0v) is 10.4. The highest BCUT2D eigenvalue weighted by atomic mass is 16.3. The Bertz CT molecular complexity index is 516. The number of hydrogen-bond donors (Lipinski definition) is 1. The van der Waals surface area contributed by atoms with Gasteiger partial charge in [0, 0.05) is 6.42 Å². The molecule has 2 heteroatoms. The second kappa shape index (κ2) is 4.62. The fourth-order valence-electron chi connectivity index (χ4n) is 2.94. The molecule has 0 saturated heterocycles. The first-order chi connectivity index (χ1) is 8.78. The fraction of sp³-hybridized carbons (Fsp3) is 0.375. The smallest absolute Gasteiger partial charge is 0.106 e. The number of aryl methyl sites for hydroxylation is 1. The summed E-state index contributed by atoms with van der Waals surface area (Å²) in [7, 11) is 0. The highest BCUT2D eigenvalue weighted by Gasteiger charge is 2.33. The van der Waals surface area contributed by atoms with Gasteiger partial charge in [0.2, 0.25) is 0 Å². The Morgan fingerprint density at radius 3 is 2.83 bits per heavy atom. The van der Waals surface area contributed by atoms with E-state index in [1.807, 2.05) is 18.2 Å². The van der Waals surface area contributed by atoms with Crippen LogP contribution in [0.5, 0.6) is 0 Å². The molecule has 1 atom stereocenters. The van der Waals surface area contributed by atoms with Gasteiger partial charge in [0.1, 0.15) is 5.76 Å². The van der Waals surface area contributed by atoms with Gasteiger partial charge in [-0.1, -0.05) is 24.3 Å². The molecule has 0 bridgehead atoms. The standard InChI is InChI=1S/C16H18O2/c17-16(12-14-8-5-11-18-14)10-4-3-7-13-6-1-2-9-15(13)16/h1-2,5-6,8-9,11,17H,3-4,7,10,12H2. The van der Waals surface area contributed by atoms with Crippen LogP contribution in [-0.2, 0) is 18.4 Å². The van der Waals surface area contributed by atoms with Crippen molar-refractivity contribution in [1.82, 2.24) is 0 Å². The van der Waals surface area contributed by atoms with Crippen LogP contribution >= 0.6 is 0 Å². The molecule has 1 aliphatic carbocycles. The van der Waals surface area contributed by atoms with Gasteiger partial charge in [-0.2, -0.15) is 0 Å². The van der Waals surface area contributed by atoms with E-state index in [0.29, 0.717) is 6.42 Å². The number of furan rings is 1. The summed E-state index contributed by atoms with van der Waals surface area (Å²) in [6.45, 7) is 0. The third kappa shape index (κ3) is 2.08. The summed E-state index contributed by atoms with van der Waals surface area (Å²) in [5.74, 6) is 0.856. The lowest BCUT2D eigenvalue weighted by Gasteiger charge is -2.28. The van der Waals surface area contributed by atoms with Gasteiger partial charge < -0.3 is 9.52 Å². The van der Waals surface area contributed by atoms with Crippen molar-refractivity contribution in [3.8, 4) is 0 Å². The molecule has 18 heavy (non-hydrogen) atoms. The molecule has 1 heterocycles. The molecule has 1 aromatic heterocycles. The van der Waals surface area contributed by atoms with Crippen molar-refractivity contribution in [2.45, 2.75) is 37.7 Å². The average Bonchev–Trinajstić information content (AvgIpc) is 2.82. The topological polar surface area (TPSA) is 33.4 Å². The fourth-order valence-corrected chi connectivity index (χ4v) is 2.94. The van der Waals surface area contributed by atoms with Crippen molar-refractivity contribution in [2.24, 2.45) is 0 Å². The lowest BCUT2D eigenvalue weighted by atomic mass is 9.84. The van der Waals surface area contributed by atoms with Crippen LogP contribution in [-0.4, -0.2) is 5.11 Å². The molecule has 0 radical (unpaired) electrons. The summed E-state index contributed by atoms with van der Waals surface area (Å²) in [6, 6.07) is 12.1. The molecule has 0 saturated carbocycles. The number of rotatable bonds is 2. The maximum atomic E-state index is 11.0. The van der Waals surface area contributed by atoms with Crippen molar-refractivity contribution in [3.05, 3.63) is 59.5 Å². The van der Waals surface area contributed by atoms with E-state index in [1.165, 1.54) is 5.56 Å². The minimum Gasteiger partial charge on any atom is -0.469 e. The SMILES string of the molecule is OC1(Cc2ccco2)CCCCc2ccccc21. The monoisotopic (exact) mass is 242 g/mol. The Morgan fingerprint density at radius 2 is 2.00 bits per heavy atom. The maximum absolute atomic E-state index is 11.0. The van der Waals surface area contributed by atoms with Gasteiger partial charge in [-0.15, -0.1) is 0 Å². The van der Waals surface area contributed by atoms with Crippen molar-refractivity contribution in [1.29, 1.82) is 0 Å².